The fourth-order valence-electron chi connectivity index (χ4n) is 3.71. The number of imide groups is 1. The number of methoxy groups -OCH3 is 3. The summed E-state index contributed by atoms with van der Waals surface area (Å²) in [6.45, 7) is 1.31. The molecular weight excluding hydrogens is 442 g/mol. The van der Waals surface area contributed by atoms with Gasteiger partial charge in [-0.05, 0) is 42.5 Å². The lowest BCUT2D eigenvalue weighted by molar-refractivity contribution is -0.128. The molecule has 1 aliphatic heterocycles. The molecule has 0 aromatic heterocycles. The lowest BCUT2D eigenvalue weighted by Crippen LogP contribution is -2.49. The Kier molecular flexibility index (Phi) is 7.98. The van der Waals surface area contributed by atoms with E-state index < -0.39 is 30.1 Å². The van der Waals surface area contributed by atoms with Gasteiger partial charge in [-0.15, -0.1) is 0 Å². The molecule has 4 amide bonds. The van der Waals surface area contributed by atoms with Gasteiger partial charge in [0.15, 0.2) is 6.29 Å². The van der Waals surface area contributed by atoms with E-state index in [1.807, 2.05) is 0 Å². The molecule has 34 heavy (non-hydrogen) atoms. The molecule has 1 atom stereocenters. The molecule has 0 aliphatic carbocycles. The molecule has 1 heterocycles. The minimum absolute atomic E-state index is 0.0674. The molecule has 1 fully saturated rings. The Morgan fingerprint density at radius 2 is 1.76 bits per heavy atom. The lowest BCUT2D eigenvalue weighted by atomic mass is 10.1. The average Bonchev–Trinajstić information content (AvgIpc) is 3.13. The number of hydrogen-bond acceptors (Lipinski definition) is 7. The summed E-state index contributed by atoms with van der Waals surface area (Å²) in [7, 11) is 4.33. The van der Waals surface area contributed by atoms with Crippen LogP contribution in [0.4, 0.5) is 11.4 Å². The van der Waals surface area contributed by atoms with E-state index in [-0.39, 0.29) is 18.9 Å². The number of benzene rings is 2. The van der Waals surface area contributed by atoms with Crippen LogP contribution in [-0.2, 0) is 23.9 Å². The monoisotopic (exact) mass is 469 g/mol. The number of carbonyl (C=O) groups is 4. The summed E-state index contributed by atoms with van der Waals surface area (Å²) in [5.41, 5.74) is 1.17. The predicted molar refractivity (Wildman–Crippen MR) is 123 cm³/mol. The molecule has 1 N–H and O–H groups in total. The van der Waals surface area contributed by atoms with Crippen molar-refractivity contribution in [3.05, 3.63) is 54.1 Å². The smallest absolute Gasteiger partial charge is 0.257 e. The molecule has 180 valence electrons. The zero-order valence-electron chi connectivity index (χ0n) is 19.4. The zero-order chi connectivity index (χ0) is 24.8. The Hall–Kier alpha value is -3.76. The van der Waals surface area contributed by atoms with E-state index in [9.17, 15) is 19.2 Å². The Labute approximate surface area is 197 Å². The Morgan fingerprint density at radius 3 is 2.35 bits per heavy atom. The summed E-state index contributed by atoms with van der Waals surface area (Å²) in [6.07, 6.45) is -0.995. The molecule has 10 nitrogen and oxygen atoms in total. The standard InChI is InChI=1S/C24H27N3O7/c1-15(28)25-17-8-10-18(11-9-17)27-21(29)13-20(24(27)31)26(14-22(33-3)34-4)23(30)16-6-5-7-19(12-16)32-2/h5-12,20,22H,13-14H2,1-4H3,(H,25,28). The van der Waals surface area contributed by atoms with Crippen LogP contribution in [0.15, 0.2) is 48.5 Å². The number of nitrogens with one attached hydrogen (secondary N) is 1. The highest BCUT2D eigenvalue weighted by molar-refractivity contribution is 6.23. The first-order valence-electron chi connectivity index (χ1n) is 10.5. The molecule has 10 heteroatoms. The first-order chi connectivity index (χ1) is 16.3. The quantitative estimate of drug-likeness (QED) is 0.442. The van der Waals surface area contributed by atoms with Gasteiger partial charge in [0.1, 0.15) is 11.8 Å². The Morgan fingerprint density at radius 1 is 1.09 bits per heavy atom. The van der Waals surface area contributed by atoms with Gasteiger partial charge in [0.25, 0.3) is 11.8 Å². The van der Waals surface area contributed by atoms with Crippen molar-refractivity contribution < 1.29 is 33.4 Å². The van der Waals surface area contributed by atoms with Crippen molar-refractivity contribution in [2.45, 2.75) is 25.7 Å². The van der Waals surface area contributed by atoms with Crippen LogP contribution < -0.4 is 15.0 Å². The molecule has 1 saturated heterocycles. The van der Waals surface area contributed by atoms with Gasteiger partial charge in [0, 0.05) is 32.4 Å². The third-order valence-electron chi connectivity index (χ3n) is 5.39. The van der Waals surface area contributed by atoms with Gasteiger partial charge in [-0.25, -0.2) is 4.90 Å². The maximum Gasteiger partial charge on any atom is 0.257 e. The maximum atomic E-state index is 13.4. The number of amides is 4. The van der Waals surface area contributed by atoms with Gasteiger partial charge in [0.2, 0.25) is 11.8 Å². The molecular formula is C24H27N3O7. The van der Waals surface area contributed by atoms with Crippen molar-refractivity contribution in [1.29, 1.82) is 0 Å². The van der Waals surface area contributed by atoms with E-state index in [0.29, 0.717) is 22.7 Å². The van der Waals surface area contributed by atoms with Crippen LogP contribution in [0.3, 0.4) is 0 Å². The van der Waals surface area contributed by atoms with Gasteiger partial charge in [-0.3, -0.25) is 19.2 Å². The third kappa shape index (κ3) is 5.41. The second-order valence-corrected chi connectivity index (χ2v) is 7.61. The van der Waals surface area contributed by atoms with Crippen LogP contribution in [0.2, 0.25) is 0 Å². The summed E-state index contributed by atoms with van der Waals surface area (Å²) < 4.78 is 15.7. The van der Waals surface area contributed by atoms with E-state index >= 15 is 0 Å². The minimum Gasteiger partial charge on any atom is -0.497 e. The first-order valence-corrected chi connectivity index (χ1v) is 10.5. The van der Waals surface area contributed by atoms with Crippen LogP contribution in [0.25, 0.3) is 0 Å². The number of nitrogens with zero attached hydrogens (tertiary/aromatic N) is 2. The van der Waals surface area contributed by atoms with Crippen molar-refractivity contribution in [2.75, 3.05) is 38.1 Å². The van der Waals surface area contributed by atoms with Gasteiger partial charge in [-0.2, -0.15) is 0 Å². The molecule has 3 rings (SSSR count). The summed E-state index contributed by atoms with van der Waals surface area (Å²) in [5.74, 6) is -1.21. The third-order valence-corrected chi connectivity index (χ3v) is 5.39. The molecule has 0 radical (unpaired) electrons. The molecule has 0 bridgehead atoms. The van der Waals surface area contributed by atoms with Gasteiger partial charge in [-0.1, -0.05) is 6.07 Å². The number of carbonyl (C=O) groups excluding carboxylic acids is 4. The molecule has 2 aromatic carbocycles. The van der Waals surface area contributed by atoms with Crippen molar-refractivity contribution in [3.8, 4) is 5.75 Å². The lowest BCUT2D eigenvalue weighted by Gasteiger charge is -2.30. The minimum atomic E-state index is -1.05. The highest BCUT2D eigenvalue weighted by Crippen LogP contribution is 2.28. The predicted octanol–water partition coefficient (Wildman–Crippen LogP) is 2.05. The van der Waals surface area contributed by atoms with E-state index in [4.69, 9.17) is 14.2 Å². The van der Waals surface area contributed by atoms with Crippen molar-refractivity contribution in [3.63, 3.8) is 0 Å². The van der Waals surface area contributed by atoms with E-state index in [0.717, 1.165) is 4.90 Å². The maximum absolute atomic E-state index is 13.4. The first kappa shape index (κ1) is 24.9. The van der Waals surface area contributed by atoms with E-state index in [2.05, 4.69) is 5.32 Å². The molecule has 1 unspecified atom stereocenters. The van der Waals surface area contributed by atoms with Crippen molar-refractivity contribution >= 4 is 35.0 Å². The largest absolute Gasteiger partial charge is 0.497 e. The van der Waals surface area contributed by atoms with Gasteiger partial charge < -0.3 is 24.4 Å². The highest BCUT2D eigenvalue weighted by atomic mass is 16.7. The normalized spacial score (nSPS) is 15.6. The number of rotatable bonds is 9. The van der Waals surface area contributed by atoms with Crippen LogP contribution in [-0.4, -0.2) is 68.7 Å². The Bertz CT molecular complexity index is 1070. The Balaban J connectivity index is 1.91. The number of ether oxygens (including phenoxy) is 3. The number of hydrogen-bond donors (Lipinski definition) is 1. The number of anilines is 2. The summed E-state index contributed by atoms with van der Waals surface area (Å²) in [6, 6.07) is 11.8. The summed E-state index contributed by atoms with van der Waals surface area (Å²) in [5, 5.41) is 2.63. The summed E-state index contributed by atoms with van der Waals surface area (Å²) in [4.78, 5) is 53.3. The van der Waals surface area contributed by atoms with Crippen LogP contribution >= 0.6 is 0 Å². The summed E-state index contributed by atoms with van der Waals surface area (Å²) >= 11 is 0. The SMILES string of the molecule is COc1cccc(C(=O)N(CC(OC)OC)C2CC(=O)N(c3ccc(NC(C)=O)cc3)C2=O)c1. The van der Waals surface area contributed by atoms with Crippen LogP contribution in [0, 0.1) is 0 Å². The van der Waals surface area contributed by atoms with Crippen molar-refractivity contribution in [2.24, 2.45) is 0 Å². The van der Waals surface area contributed by atoms with Gasteiger partial charge >= 0.3 is 0 Å². The van der Waals surface area contributed by atoms with Crippen LogP contribution in [0.5, 0.6) is 5.75 Å². The topological polar surface area (TPSA) is 114 Å². The second kappa shape index (κ2) is 10.9. The molecule has 0 saturated carbocycles. The average molecular weight is 469 g/mol. The van der Waals surface area contributed by atoms with E-state index in [1.165, 1.54) is 33.2 Å². The van der Waals surface area contributed by atoms with Crippen LogP contribution in [0.1, 0.15) is 23.7 Å². The fraction of sp³-hybridized carbons (Fsp3) is 0.333. The van der Waals surface area contributed by atoms with E-state index in [1.54, 1.807) is 48.5 Å². The molecule has 0 spiro atoms. The molecule has 2 aromatic rings. The second-order valence-electron chi connectivity index (χ2n) is 7.61. The fourth-order valence-corrected chi connectivity index (χ4v) is 3.71. The zero-order valence-corrected chi connectivity index (χ0v) is 19.4. The van der Waals surface area contributed by atoms with Gasteiger partial charge in [0.05, 0.1) is 25.8 Å². The highest BCUT2D eigenvalue weighted by Gasteiger charge is 2.45. The van der Waals surface area contributed by atoms with Crippen molar-refractivity contribution in [1.82, 2.24) is 4.90 Å². The molecule has 1 aliphatic rings.